The van der Waals surface area contributed by atoms with E-state index in [0.717, 1.165) is 80.6 Å². The average molecular weight is 587 g/mol. The Morgan fingerprint density at radius 1 is 0.907 bits per heavy atom. The number of fused-ring (bicyclic) bond motifs is 1. The highest BCUT2D eigenvalue weighted by Gasteiger charge is 2.39. The fraction of sp³-hybridized carbons (Fsp3) is 0.382. The smallest absolute Gasteiger partial charge is 0.371 e. The van der Waals surface area contributed by atoms with Gasteiger partial charge in [-0.05, 0) is 104 Å². The number of amides is 2. The van der Waals surface area contributed by atoms with Crippen molar-refractivity contribution in [3.8, 4) is 6.07 Å². The summed E-state index contributed by atoms with van der Waals surface area (Å²) in [6, 6.07) is 19.8. The van der Waals surface area contributed by atoms with Crippen LogP contribution >= 0.6 is 0 Å². The first-order valence-corrected chi connectivity index (χ1v) is 14.8. The molecule has 2 saturated heterocycles. The molecule has 2 aliphatic heterocycles. The van der Waals surface area contributed by atoms with Crippen LogP contribution in [-0.2, 0) is 12.6 Å². The molecular weight excluding hydrogens is 553 g/mol. The van der Waals surface area contributed by atoms with Crippen LogP contribution in [0.5, 0.6) is 0 Å². The number of likely N-dealkylation sites (tertiary alicyclic amines) is 1. The van der Waals surface area contributed by atoms with E-state index in [1.807, 2.05) is 23.1 Å². The van der Waals surface area contributed by atoms with Crippen molar-refractivity contribution < 1.29 is 22.8 Å². The quantitative estimate of drug-likeness (QED) is 0.378. The van der Waals surface area contributed by atoms with Crippen molar-refractivity contribution in [1.82, 2.24) is 10.2 Å². The Morgan fingerprint density at radius 2 is 1.58 bits per heavy atom. The molecule has 1 unspecified atom stereocenters. The minimum atomic E-state index is -4.33. The average Bonchev–Trinajstić information content (AvgIpc) is 3.42. The molecule has 3 aromatic rings. The monoisotopic (exact) mass is 586 g/mol. The maximum absolute atomic E-state index is 13.6. The van der Waals surface area contributed by atoms with E-state index in [4.69, 9.17) is 0 Å². The van der Waals surface area contributed by atoms with Crippen molar-refractivity contribution in [1.29, 1.82) is 5.26 Å². The number of halogens is 3. The lowest BCUT2D eigenvalue weighted by Crippen LogP contribution is -2.48. The summed E-state index contributed by atoms with van der Waals surface area (Å²) in [6.07, 6.45) is 0.922. The Hall–Kier alpha value is -4.32. The Kier molecular flexibility index (Phi) is 7.63. The first-order valence-electron chi connectivity index (χ1n) is 14.8. The minimum absolute atomic E-state index is 0.00774. The van der Waals surface area contributed by atoms with Gasteiger partial charge in [0.1, 0.15) is 0 Å². The van der Waals surface area contributed by atoms with Crippen molar-refractivity contribution in [3.05, 3.63) is 100 Å². The van der Waals surface area contributed by atoms with Crippen LogP contribution in [0.4, 0.5) is 18.9 Å². The van der Waals surface area contributed by atoms with E-state index in [2.05, 4.69) is 16.3 Å². The molecule has 9 heteroatoms. The summed E-state index contributed by atoms with van der Waals surface area (Å²) in [6.45, 7) is 2.91. The van der Waals surface area contributed by atoms with Crippen LogP contribution in [0.1, 0.15) is 81.1 Å². The number of carbonyl (C=O) groups excluding carboxylic acids is 2. The number of benzene rings is 3. The molecule has 6 rings (SSSR count). The summed E-state index contributed by atoms with van der Waals surface area (Å²) in [4.78, 5) is 30.6. The standard InChI is InChI=1S/C34H33F3N4O2/c35-34(36,37)26-8-10-27(11-9-26)40-17-13-33(14-18-40)15-19-41(20-16-33)32(43)24-6-5-23-7-12-30(29(23)21-24)39-31(42)28-4-2-1-3-25(28)22-38/h1-6,8-11,21,30H,7,12-20H2,(H,39,42). The predicted octanol–water partition coefficient (Wildman–Crippen LogP) is 6.52. The molecule has 6 nitrogen and oxygen atoms in total. The van der Waals surface area contributed by atoms with E-state index in [9.17, 15) is 28.0 Å². The van der Waals surface area contributed by atoms with Gasteiger partial charge in [-0.25, -0.2) is 0 Å². The van der Waals surface area contributed by atoms with Crippen LogP contribution in [0.3, 0.4) is 0 Å². The molecule has 0 bridgehead atoms. The summed E-state index contributed by atoms with van der Waals surface area (Å²) in [5.74, 6) is -0.302. The lowest BCUT2D eigenvalue weighted by atomic mass is 9.71. The fourth-order valence-corrected chi connectivity index (χ4v) is 6.87. The molecule has 2 fully saturated rings. The van der Waals surface area contributed by atoms with E-state index < -0.39 is 11.7 Å². The van der Waals surface area contributed by atoms with Gasteiger partial charge >= 0.3 is 6.18 Å². The number of nitrogens with zero attached hydrogens (tertiary/aromatic N) is 3. The number of carbonyl (C=O) groups is 2. The summed E-state index contributed by atoms with van der Waals surface area (Å²) >= 11 is 0. The first kappa shape index (κ1) is 28.8. The number of rotatable bonds is 4. The number of hydrogen-bond acceptors (Lipinski definition) is 4. The Morgan fingerprint density at radius 3 is 2.26 bits per heavy atom. The van der Waals surface area contributed by atoms with E-state index in [-0.39, 0.29) is 23.3 Å². The zero-order valence-electron chi connectivity index (χ0n) is 23.8. The van der Waals surface area contributed by atoms with Crippen LogP contribution in [0.2, 0.25) is 0 Å². The van der Waals surface area contributed by atoms with Gasteiger partial charge < -0.3 is 15.1 Å². The largest absolute Gasteiger partial charge is 0.416 e. The van der Waals surface area contributed by atoms with Gasteiger partial charge in [0.2, 0.25) is 0 Å². The fourth-order valence-electron chi connectivity index (χ4n) is 6.87. The summed E-state index contributed by atoms with van der Waals surface area (Å²) in [7, 11) is 0. The van der Waals surface area contributed by atoms with Gasteiger partial charge in [-0.2, -0.15) is 18.4 Å². The lowest BCUT2D eigenvalue weighted by Gasteiger charge is -2.47. The number of nitrogens with one attached hydrogen (secondary N) is 1. The van der Waals surface area contributed by atoms with Gasteiger partial charge in [0, 0.05) is 37.4 Å². The highest BCUT2D eigenvalue weighted by atomic mass is 19.4. The molecular formula is C34H33F3N4O2. The van der Waals surface area contributed by atoms with Crippen molar-refractivity contribution in [2.45, 2.75) is 50.7 Å². The van der Waals surface area contributed by atoms with Crippen LogP contribution in [-0.4, -0.2) is 42.9 Å². The normalized spacial score (nSPS) is 19.5. The molecule has 1 N–H and O–H groups in total. The molecule has 3 aromatic carbocycles. The Labute approximate surface area is 249 Å². The van der Waals surface area contributed by atoms with Crippen LogP contribution in [0.15, 0.2) is 66.7 Å². The summed E-state index contributed by atoms with van der Waals surface area (Å²) < 4.78 is 38.8. The molecule has 43 heavy (non-hydrogen) atoms. The van der Waals surface area contributed by atoms with Gasteiger partial charge in [-0.15, -0.1) is 0 Å². The van der Waals surface area contributed by atoms with Gasteiger partial charge in [-0.1, -0.05) is 18.2 Å². The van der Waals surface area contributed by atoms with Gasteiger partial charge in [0.15, 0.2) is 0 Å². The Bertz CT molecular complexity index is 1560. The number of piperidine rings is 2. The molecule has 0 radical (unpaired) electrons. The van der Waals surface area contributed by atoms with Gasteiger partial charge in [0.25, 0.3) is 11.8 Å². The maximum Gasteiger partial charge on any atom is 0.416 e. The van der Waals surface area contributed by atoms with Crippen molar-refractivity contribution in [3.63, 3.8) is 0 Å². The number of anilines is 1. The molecule has 2 heterocycles. The van der Waals surface area contributed by atoms with Gasteiger partial charge in [0.05, 0.1) is 28.8 Å². The zero-order valence-corrected chi connectivity index (χ0v) is 23.8. The second-order valence-electron chi connectivity index (χ2n) is 12.0. The first-order chi connectivity index (χ1) is 20.7. The maximum atomic E-state index is 13.6. The van der Waals surface area contributed by atoms with Crippen LogP contribution in [0.25, 0.3) is 0 Å². The van der Waals surface area contributed by atoms with Crippen molar-refractivity contribution in [2.24, 2.45) is 5.41 Å². The van der Waals surface area contributed by atoms with E-state index in [1.165, 1.54) is 0 Å². The number of nitriles is 1. The minimum Gasteiger partial charge on any atom is -0.371 e. The highest BCUT2D eigenvalue weighted by Crippen LogP contribution is 2.43. The lowest BCUT2D eigenvalue weighted by molar-refractivity contribution is -0.137. The van der Waals surface area contributed by atoms with Gasteiger partial charge in [-0.3, -0.25) is 9.59 Å². The molecule has 0 aromatic heterocycles. The molecule has 3 aliphatic rings. The topological polar surface area (TPSA) is 76.4 Å². The highest BCUT2D eigenvalue weighted by molar-refractivity contribution is 5.97. The van der Waals surface area contributed by atoms with E-state index >= 15 is 0 Å². The van der Waals surface area contributed by atoms with Crippen LogP contribution < -0.4 is 10.2 Å². The molecule has 2 amide bonds. The summed E-state index contributed by atoms with van der Waals surface area (Å²) in [5, 5.41) is 12.4. The summed E-state index contributed by atoms with van der Waals surface area (Å²) in [5.41, 5.74) is 3.69. The van der Waals surface area contributed by atoms with Crippen LogP contribution in [0, 0.1) is 16.7 Å². The second kappa shape index (κ2) is 11.4. The number of aryl methyl sites for hydroxylation is 1. The SMILES string of the molecule is N#Cc1ccccc1C(=O)NC1CCc2ccc(C(=O)N3CCC4(CC3)CCN(c3ccc(C(F)(F)F)cc3)CC4)cc21. The third-order valence-corrected chi connectivity index (χ3v) is 9.56. The molecule has 1 aliphatic carbocycles. The molecule has 1 spiro atoms. The van der Waals surface area contributed by atoms with E-state index in [0.29, 0.717) is 29.8 Å². The third-order valence-electron chi connectivity index (χ3n) is 9.56. The number of hydrogen-bond donors (Lipinski definition) is 1. The molecule has 1 atom stereocenters. The predicted molar refractivity (Wildman–Crippen MR) is 157 cm³/mol. The Balaban J connectivity index is 1.06. The van der Waals surface area contributed by atoms with Crippen molar-refractivity contribution in [2.75, 3.05) is 31.1 Å². The zero-order chi connectivity index (χ0) is 30.2. The van der Waals surface area contributed by atoms with E-state index in [1.54, 1.807) is 36.4 Å². The number of alkyl halides is 3. The molecule has 222 valence electrons. The third kappa shape index (κ3) is 5.83. The molecule has 0 saturated carbocycles. The second-order valence-corrected chi connectivity index (χ2v) is 12.0. The van der Waals surface area contributed by atoms with Crippen molar-refractivity contribution >= 4 is 17.5 Å².